The van der Waals surface area contributed by atoms with E-state index >= 15 is 0 Å². The highest BCUT2D eigenvalue weighted by atomic mass is 16.5. The summed E-state index contributed by atoms with van der Waals surface area (Å²) in [6.07, 6.45) is 0. The van der Waals surface area contributed by atoms with Crippen LogP contribution in [-0.2, 0) is 6.54 Å². The lowest BCUT2D eigenvalue weighted by Crippen LogP contribution is -2.00. The number of hydrogen-bond acceptors (Lipinski definition) is 4. The van der Waals surface area contributed by atoms with Crippen molar-refractivity contribution in [1.82, 2.24) is 10.1 Å². The van der Waals surface area contributed by atoms with E-state index in [1.807, 2.05) is 44.2 Å². The maximum atomic E-state index is 5.20. The van der Waals surface area contributed by atoms with Crippen LogP contribution in [0.15, 0.2) is 40.9 Å². The number of aromatic nitrogens is 2. The first-order valence-corrected chi connectivity index (χ1v) is 6.25. The van der Waals surface area contributed by atoms with Crippen LogP contribution in [-0.4, -0.2) is 10.1 Å². The maximum Gasteiger partial charge on any atom is 0.156 e. The number of benzene rings is 1. The molecule has 0 atom stereocenters. The van der Waals surface area contributed by atoms with Crippen LogP contribution in [0.3, 0.4) is 0 Å². The van der Waals surface area contributed by atoms with Gasteiger partial charge in [0.15, 0.2) is 5.76 Å². The third kappa shape index (κ3) is 2.42. The molecule has 0 unspecified atom stereocenters. The predicted octanol–water partition coefficient (Wildman–Crippen LogP) is 3.45. The van der Waals surface area contributed by atoms with Gasteiger partial charge in [0.1, 0.15) is 0 Å². The van der Waals surface area contributed by atoms with E-state index in [4.69, 9.17) is 4.52 Å². The van der Waals surface area contributed by atoms with Gasteiger partial charge in [-0.15, -0.1) is 0 Å². The fraction of sp³-hybridized carbons (Fsp3) is 0.200. The number of hydrogen-bond donors (Lipinski definition) is 1. The number of rotatable bonds is 3. The summed E-state index contributed by atoms with van der Waals surface area (Å²) < 4.78 is 5.20. The fourth-order valence-corrected chi connectivity index (χ4v) is 2.14. The van der Waals surface area contributed by atoms with E-state index in [1.54, 1.807) is 0 Å². The normalized spacial score (nSPS) is 10.8. The molecule has 0 aliphatic rings. The minimum absolute atomic E-state index is 0.619. The summed E-state index contributed by atoms with van der Waals surface area (Å²) in [6.45, 7) is 4.53. The summed E-state index contributed by atoms with van der Waals surface area (Å²) in [5.41, 5.74) is 3.96. The van der Waals surface area contributed by atoms with Crippen LogP contribution in [0.25, 0.3) is 10.9 Å². The van der Waals surface area contributed by atoms with Crippen molar-refractivity contribution < 1.29 is 4.52 Å². The molecular formula is C15H15N3O. The SMILES string of the molecule is Cc1cc(CNc2cc(C)nc3ccccc23)on1. The topological polar surface area (TPSA) is 51.0 Å². The van der Waals surface area contributed by atoms with Gasteiger partial charge in [-0.25, -0.2) is 0 Å². The molecular weight excluding hydrogens is 238 g/mol. The third-order valence-corrected chi connectivity index (χ3v) is 2.97. The maximum absolute atomic E-state index is 5.20. The zero-order valence-electron chi connectivity index (χ0n) is 11.0. The second-order valence-electron chi connectivity index (χ2n) is 4.62. The van der Waals surface area contributed by atoms with Gasteiger partial charge in [-0.1, -0.05) is 23.4 Å². The Morgan fingerprint density at radius 2 is 1.95 bits per heavy atom. The molecule has 2 heterocycles. The highest BCUT2D eigenvalue weighted by Gasteiger charge is 2.05. The summed E-state index contributed by atoms with van der Waals surface area (Å²) in [6, 6.07) is 12.1. The molecule has 4 heteroatoms. The summed E-state index contributed by atoms with van der Waals surface area (Å²) in [7, 11) is 0. The Morgan fingerprint density at radius 1 is 1.11 bits per heavy atom. The van der Waals surface area contributed by atoms with E-state index in [0.717, 1.165) is 33.7 Å². The second kappa shape index (κ2) is 4.72. The molecule has 0 aliphatic heterocycles. The number of fused-ring (bicyclic) bond motifs is 1. The molecule has 3 aromatic rings. The summed E-state index contributed by atoms with van der Waals surface area (Å²) in [5.74, 6) is 0.830. The van der Waals surface area contributed by atoms with Crippen molar-refractivity contribution in [2.24, 2.45) is 0 Å². The van der Waals surface area contributed by atoms with Gasteiger partial charge in [0, 0.05) is 22.8 Å². The Hall–Kier alpha value is -2.36. The lowest BCUT2D eigenvalue weighted by Gasteiger charge is -2.09. The number of para-hydroxylation sites is 1. The molecule has 0 aliphatic carbocycles. The van der Waals surface area contributed by atoms with Crippen LogP contribution in [0, 0.1) is 13.8 Å². The quantitative estimate of drug-likeness (QED) is 0.776. The van der Waals surface area contributed by atoms with E-state index in [2.05, 4.69) is 21.5 Å². The Kier molecular flexibility index (Phi) is 2.91. The average Bonchev–Trinajstić information content (AvgIpc) is 2.81. The first kappa shape index (κ1) is 11.7. The van der Waals surface area contributed by atoms with Crippen molar-refractivity contribution in [2.75, 3.05) is 5.32 Å². The van der Waals surface area contributed by atoms with Crippen LogP contribution in [0.5, 0.6) is 0 Å². The van der Waals surface area contributed by atoms with Crippen molar-refractivity contribution in [3.05, 3.63) is 53.5 Å². The van der Waals surface area contributed by atoms with Gasteiger partial charge in [-0.3, -0.25) is 4.98 Å². The van der Waals surface area contributed by atoms with Crippen molar-refractivity contribution in [2.45, 2.75) is 20.4 Å². The Bertz CT molecular complexity index is 718. The molecule has 3 rings (SSSR count). The number of nitrogens with one attached hydrogen (secondary N) is 1. The Balaban J connectivity index is 1.91. The van der Waals surface area contributed by atoms with Crippen LogP contribution in [0.2, 0.25) is 0 Å². The van der Waals surface area contributed by atoms with E-state index in [9.17, 15) is 0 Å². The van der Waals surface area contributed by atoms with E-state index in [0.29, 0.717) is 6.54 Å². The van der Waals surface area contributed by atoms with Crippen LogP contribution in [0.1, 0.15) is 17.1 Å². The van der Waals surface area contributed by atoms with E-state index in [1.165, 1.54) is 0 Å². The van der Waals surface area contributed by atoms with Gasteiger partial charge in [0.05, 0.1) is 17.8 Å². The van der Waals surface area contributed by atoms with E-state index in [-0.39, 0.29) is 0 Å². The second-order valence-corrected chi connectivity index (χ2v) is 4.62. The zero-order chi connectivity index (χ0) is 13.2. The van der Waals surface area contributed by atoms with Gasteiger partial charge in [-0.2, -0.15) is 0 Å². The summed E-state index contributed by atoms with van der Waals surface area (Å²) >= 11 is 0. The molecule has 0 fully saturated rings. The van der Waals surface area contributed by atoms with Gasteiger partial charge < -0.3 is 9.84 Å². The lowest BCUT2D eigenvalue weighted by molar-refractivity contribution is 0.384. The molecule has 1 N–H and O–H groups in total. The molecule has 0 bridgehead atoms. The first-order chi connectivity index (χ1) is 9.22. The Morgan fingerprint density at radius 3 is 2.74 bits per heavy atom. The van der Waals surface area contributed by atoms with Gasteiger partial charge in [0.2, 0.25) is 0 Å². The van der Waals surface area contributed by atoms with Crippen molar-refractivity contribution in [3.8, 4) is 0 Å². The first-order valence-electron chi connectivity index (χ1n) is 6.25. The van der Waals surface area contributed by atoms with Crippen LogP contribution >= 0.6 is 0 Å². The summed E-state index contributed by atoms with van der Waals surface area (Å²) in [4.78, 5) is 4.52. The standard InChI is InChI=1S/C15H15N3O/c1-10-8-15(13-5-3-4-6-14(13)17-10)16-9-12-7-11(2)18-19-12/h3-8H,9H2,1-2H3,(H,16,17). The molecule has 96 valence electrons. The van der Waals surface area contributed by atoms with Crippen LogP contribution < -0.4 is 5.32 Å². The minimum Gasteiger partial charge on any atom is -0.377 e. The Labute approximate surface area is 111 Å². The largest absolute Gasteiger partial charge is 0.377 e. The predicted molar refractivity (Wildman–Crippen MR) is 75.0 cm³/mol. The number of pyridine rings is 1. The van der Waals surface area contributed by atoms with Crippen molar-refractivity contribution in [1.29, 1.82) is 0 Å². The van der Waals surface area contributed by atoms with Crippen molar-refractivity contribution in [3.63, 3.8) is 0 Å². The van der Waals surface area contributed by atoms with Gasteiger partial charge >= 0.3 is 0 Å². The molecule has 19 heavy (non-hydrogen) atoms. The van der Waals surface area contributed by atoms with Gasteiger partial charge in [0.25, 0.3) is 0 Å². The molecule has 0 saturated heterocycles. The average molecular weight is 253 g/mol. The molecule has 4 nitrogen and oxygen atoms in total. The molecule has 0 spiro atoms. The summed E-state index contributed by atoms with van der Waals surface area (Å²) in [5, 5.41) is 8.38. The highest BCUT2D eigenvalue weighted by Crippen LogP contribution is 2.23. The van der Waals surface area contributed by atoms with Gasteiger partial charge in [-0.05, 0) is 26.0 Å². The monoisotopic (exact) mass is 253 g/mol. The fourth-order valence-electron chi connectivity index (χ4n) is 2.14. The van der Waals surface area contributed by atoms with Crippen LogP contribution in [0.4, 0.5) is 5.69 Å². The minimum atomic E-state index is 0.619. The van der Waals surface area contributed by atoms with Crippen molar-refractivity contribution >= 4 is 16.6 Å². The van der Waals surface area contributed by atoms with E-state index < -0.39 is 0 Å². The highest BCUT2D eigenvalue weighted by molar-refractivity contribution is 5.91. The third-order valence-electron chi connectivity index (χ3n) is 2.97. The smallest absolute Gasteiger partial charge is 0.156 e. The number of anilines is 1. The molecule has 0 radical (unpaired) electrons. The number of aryl methyl sites for hydroxylation is 2. The molecule has 0 amide bonds. The lowest BCUT2D eigenvalue weighted by atomic mass is 10.1. The zero-order valence-corrected chi connectivity index (χ0v) is 11.0. The molecule has 0 saturated carbocycles. The molecule has 1 aromatic carbocycles. The molecule has 2 aromatic heterocycles. The number of nitrogens with zero attached hydrogens (tertiary/aromatic N) is 2.